The zero-order valence-electron chi connectivity index (χ0n) is 9.97. The van der Waals surface area contributed by atoms with E-state index < -0.39 is 5.97 Å². The van der Waals surface area contributed by atoms with E-state index >= 15 is 0 Å². The fraction of sp³-hybridized carbons (Fsp3) is 0.333. The van der Waals surface area contributed by atoms with Crippen molar-refractivity contribution in [2.75, 3.05) is 20.7 Å². The fourth-order valence-electron chi connectivity index (χ4n) is 1.44. The van der Waals surface area contributed by atoms with Crippen LogP contribution in [-0.4, -0.2) is 37.5 Å². The molecule has 0 saturated heterocycles. The Bertz CT molecular complexity index is 418. The monoisotopic (exact) mass is 236 g/mol. The third-order valence-corrected chi connectivity index (χ3v) is 2.41. The Morgan fingerprint density at radius 2 is 2.00 bits per heavy atom. The minimum atomic E-state index is -0.453. The molecular formula is C12H16N2O3. The van der Waals surface area contributed by atoms with Crippen LogP contribution >= 0.6 is 0 Å². The van der Waals surface area contributed by atoms with E-state index in [4.69, 9.17) is 5.73 Å². The first-order valence-corrected chi connectivity index (χ1v) is 5.20. The lowest BCUT2D eigenvalue weighted by Crippen LogP contribution is -2.33. The maximum absolute atomic E-state index is 12.0. The molecule has 0 aliphatic rings. The van der Waals surface area contributed by atoms with Crippen LogP contribution in [0.4, 0.5) is 0 Å². The molecule has 0 bridgehead atoms. The molecule has 1 amide bonds. The smallest absolute Gasteiger partial charge is 0.325 e. The predicted octanol–water partition coefficient (Wildman–Crippen LogP) is 0.390. The number of carbonyl (C=O) groups is 2. The number of likely N-dealkylation sites (N-methyl/N-ethyl adjacent to an activating group) is 1. The van der Waals surface area contributed by atoms with Gasteiger partial charge in [0.1, 0.15) is 6.54 Å². The molecule has 0 unspecified atom stereocenters. The van der Waals surface area contributed by atoms with Crippen LogP contribution in [0.15, 0.2) is 24.3 Å². The lowest BCUT2D eigenvalue weighted by atomic mass is 10.1. The van der Waals surface area contributed by atoms with Gasteiger partial charge in [-0.3, -0.25) is 9.59 Å². The van der Waals surface area contributed by atoms with E-state index in [0.29, 0.717) is 5.56 Å². The average molecular weight is 236 g/mol. The van der Waals surface area contributed by atoms with Crippen molar-refractivity contribution in [3.8, 4) is 0 Å². The number of methoxy groups -OCH3 is 1. The van der Waals surface area contributed by atoms with Gasteiger partial charge in [-0.1, -0.05) is 18.2 Å². The number of amides is 1. The van der Waals surface area contributed by atoms with Gasteiger partial charge in [-0.2, -0.15) is 0 Å². The highest BCUT2D eigenvalue weighted by atomic mass is 16.5. The summed E-state index contributed by atoms with van der Waals surface area (Å²) in [5, 5.41) is 0. The Hall–Kier alpha value is -1.88. The summed E-state index contributed by atoms with van der Waals surface area (Å²) in [7, 11) is 2.83. The molecule has 92 valence electrons. The van der Waals surface area contributed by atoms with Crippen molar-refractivity contribution in [3.05, 3.63) is 35.4 Å². The number of ether oxygens (including phenoxy) is 1. The summed E-state index contributed by atoms with van der Waals surface area (Å²) < 4.78 is 4.51. The molecule has 0 aliphatic carbocycles. The zero-order chi connectivity index (χ0) is 12.8. The molecule has 5 heteroatoms. The second-order valence-electron chi connectivity index (χ2n) is 3.60. The van der Waals surface area contributed by atoms with Gasteiger partial charge in [-0.25, -0.2) is 0 Å². The van der Waals surface area contributed by atoms with E-state index in [1.807, 2.05) is 6.07 Å². The Labute approximate surface area is 100 Å². The summed E-state index contributed by atoms with van der Waals surface area (Å²) >= 11 is 0. The number of carbonyl (C=O) groups excluding carboxylic acids is 2. The van der Waals surface area contributed by atoms with Gasteiger partial charge in [-0.05, 0) is 11.6 Å². The van der Waals surface area contributed by atoms with Crippen LogP contribution in [0.3, 0.4) is 0 Å². The molecule has 17 heavy (non-hydrogen) atoms. The van der Waals surface area contributed by atoms with Gasteiger partial charge in [0.05, 0.1) is 7.11 Å². The quantitative estimate of drug-likeness (QED) is 0.767. The zero-order valence-corrected chi connectivity index (χ0v) is 9.97. The van der Waals surface area contributed by atoms with E-state index in [9.17, 15) is 9.59 Å². The summed E-state index contributed by atoms with van der Waals surface area (Å²) in [6, 6.07) is 7.06. The van der Waals surface area contributed by atoms with Crippen LogP contribution in [0.25, 0.3) is 0 Å². The van der Waals surface area contributed by atoms with Crippen LogP contribution in [0.2, 0.25) is 0 Å². The number of benzene rings is 1. The van der Waals surface area contributed by atoms with Gasteiger partial charge in [-0.15, -0.1) is 0 Å². The highest BCUT2D eigenvalue weighted by molar-refractivity contribution is 5.97. The van der Waals surface area contributed by atoms with E-state index in [-0.39, 0.29) is 19.0 Å². The van der Waals surface area contributed by atoms with Gasteiger partial charge in [0.15, 0.2) is 0 Å². The van der Waals surface area contributed by atoms with Gasteiger partial charge in [0, 0.05) is 19.2 Å². The maximum Gasteiger partial charge on any atom is 0.325 e. The van der Waals surface area contributed by atoms with Crippen molar-refractivity contribution in [2.24, 2.45) is 5.73 Å². The van der Waals surface area contributed by atoms with Crippen molar-refractivity contribution in [3.63, 3.8) is 0 Å². The number of hydrogen-bond donors (Lipinski definition) is 1. The molecular weight excluding hydrogens is 220 g/mol. The van der Waals surface area contributed by atoms with E-state index in [2.05, 4.69) is 4.74 Å². The standard InChI is InChI=1S/C12H16N2O3/c1-14(8-11(15)17-2)12(16)10-6-4-3-5-9(10)7-13/h3-6H,7-8,13H2,1-2H3. The molecule has 1 aromatic rings. The molecule has 5 nitrogen and oxygen atoms in total. The number of nitrogens with two attached hydrogens (primary N) is 1. The molecule has 0 fully saturated rings. The van der Waals surface area contributed by atoms with Crippen molar-refractivity contribution < 1.29 is 14.3 Å². The van der Waals surface area contributed by atoms with Gasteiger partial charge in [0.25, 0.3) is 5.91 Å². The van der Waals surface area contributed by atoms with Crippen molar-refractivity contribution >= 4 is 11.9 Å². The predicted molar refractivity (Wildman–Crippen MR) is 63.3 cm³/mol. The van der Waals surface area contributed by atoms with Gasteiger partial charge < -0.3 is 15.4 Å². The largest absolute Gasteiger partial charge is 0.468 e. The summed E-state index contributed by atoms with van der Waals surface area (Å²) in [6.45, 7) is 0.211. The first-order valence-electron chi connectivity index (χ1n) is 5.20. The Kier molecular flexibility index (Phi) is 4.66. The molecule has 0 saturated carbocycles. The summed E-state index contributed by atoms with van der Waals surface area (Å²) in [5.41, 5.74) is 6.83. The number of nitrogens with zero attached hydrogens (tertiary/aromatic N) is 1. The Morgan fingerprint density at radius 1 is 1.35 bits per heavy atom. The molecule has 2 N–H and O–H groups in total. The summed E-state index contributed by atoms with van der Waals surface area (Å²) in [5.74, 6) is -0.692. The molecule has 0 aromatic heterocycles. The number of esters is 1. The van der Waals surface area contributed by atoms with Crippen molar-refractivity contribution in [2.45, 2.75) is 6.54 Å². The van der Waals surface area contributed by atoms with Crippen molar-refractivity contribution in [1.29, 1.82) is 0 Å². The van der Waals surface area contributed by atoms with E-state index in [1.165, 1.54) is 12.0 Å². The van der Waals surface area contributed by atoms with Crippen LogP contribution in [0.1, 0.15) is 15.9 Å². The maximum atomic E-state index is 12.0. The molecule has 1 aromatic carbocycles. The Morgan fingerprint density at radius 3 is 2.59 bits per heavy atom. The third kappa shape index (κ3) is 3.29. The van der Waals surface area contributed by atoms with E-state index in [0.717, 1.165) is 5.56 Å². The first-order chi connectivity index (χ1) is 8.10. The molecule has 1 rings (SSSR count). The van der Waals surface area contributed by atoms with Crippen LogP contribution in [0.5, 0.6) is 0 Å². The van der Waals surface area contributed by atoms with Gasteiger partial charge >= 0.3 is 5.97 Å². The van der Waals surface area contributed by atoms with E-state index in [1.54, 1.807) is 25.2 Å². The second-order valence-corrected chi connectivity index (χ2v) is 3.60. The molecule has 0 radical (unpaired) electrons. The summed E-state index contributed by atoms with van der Waals surface area (Å²) in [4.78, 5) is 24.4. The first kappa shape index (κ1) is 13.2. The second kappa shape index (κ2) is 6.00. The van der Waals surface area contributed by atoms with Crippen LogP contribution < -0.4 is 5.73 Å². The fourth-order valence-corrected chi connectivity index (χ4v) is 1.44. The molecule has 0 spiro atoms. The number of rotatable bonds is 4. The van der Waals surface area contributed by atoms with Crippen LogP contribution in [0, 0.1) is 0 Å². The third-order valence-electron chi connectivity index (χ3n) is 2.41. The lowest BCUT2D eigenvalue weighted by Gasteiger charge is -2.17. The highest BCUT2D eigenvalue weighted by Gasteiger charge is 2.17. The van der Waals surface area contributed by atoms with Gasteiger partial charge in [0.2, 0.25) is 0 Å². The molecule has 0 atom stereocenters. The SMILES string of the molecule is COC(=O)CN(C)C(=O)c1ccccc1CN. The Balaban J connectivity index is 2.85. The molecule has 0 heterocycles. The van der Waals surface area contributed by atoms with Crippen molar-refractivity contribution in [1.82, 2.24) is 4.90 Å². The minimum absolute atomic E-state index is 0.0752. The normalized spacial score (nSPS) is 9.82. The van der Waals surface area contributed by atoms with Crippen LogP contribution in [-0.2, 0) is 16.1 Å². The minimum Gasteiger partial charge on any atom is -0.468 e. The number of hydrogen-bond acceptors (Lipinski definition) is 4. The average Bonchev–Trinajstić information content (AvgIpc) is 2.37. The lowest BCUT2D eigenvalue weighted by molar-refractivity contribution is -0.141. The highest BCUT2D eigenvalue weighted by Crippen LogP contribution is 2.10. The topological polar surface area (TPSA) is 72.6 Å². The molecule has 0 aliphatic heterocycles. The summed E-state index contributed by atoms with van der Waals surface area (Å²) in [6.07, 6.45) is 0.